The van der Waals surface area contributed by atoms with Crippen molar-refractivity contribution in [2.24, 2.45) is 0 Å². The Bertz CT molecular complexity index is 344. The van der Waals surface area contributed by atoms with Gasteiger partial charge in [-0.2, -0.15) is 0 Å². The lowest BCUT2D eigenvalue weighted by molar-refractivity contribution is 0.112. The number of pyridine rings is 1. The molecule has 1 heterocycles. The van der Waals surface area contributed by atoms with Crippen LogP contribution >= 0.6 is 22.6 Å². The second-order valence-corrected chi connectivity index (χ2v) is 3.32. The Morgan fingerprint density at radius 2 is 2.23 bits per heavy atom. The normalized spacial score (nSPS) is 10.5. The fourth-order valence-electron chi connectivity index (χ4n) is 0.776. The molecule has 1 aromatic rings. The molecule has 0 saturated carbocycles. The van der Waals surface area contributed by atoms with Crippen molar-refractivity contribution in [1.29, 1.82) is 0 Å². The Morgan fingerprint density at radius 3 is 2.69 bits per heavy atom. The summed E-state index contributed by atoms with van der Waals surface area (Å²) in [6.45, 7) is 0. The quantitative estimate of drug-likeness (QED) is 0.671. The molecule has 0 amide bonds. The van der Waals surface area contributed by atoms with E-state index in [1.165, 1.54) is 0 Å². The minimum atomic E-state index is -2.67. The minimum Gasteiger partial charge on any atom is -0.397 e. The average Bonchev–Trinajstić information content (AvgIpc) is 2.09. The number of halogens is 3. The van der Waals surface area contributed by atoms with Gasteiger partial charge in [-0.3, -0.25) is 9.78 Å². The number of nitrogens with zero attached hydrogens (tertiary/aromatic N) is 1. The highest BCUT2D eigenvalue weighted by atomic mass is 127. The molecule has 0 atom stereocenters. The standard InChI is InChI=1S/C7H5F2IN2O/c8-7(9)6-4(10)5(11)3(2-13)1-12-6/h1-2,7H,(H2,11,12). The summed E-state index contributed by atoms with van der Waals surface area (Å²) in [5.41, 5.74) is 5.22. The van der Waals surface area contributed by atoms with Crippen molar-refractivity contribution in [3.8, 4) is 0 Å². The molecule has 0 aliphatic carbocycles. The molecule has 0 aliphatic rings. The van der Waals surface area contributed by atoms with Crippen LogP contribution in [0.1, 0.15) is 22.5 Å². The molecule has 2 N–H and O–H groups in total. The summed E-state index contributed by atoms with van der Waals surface area (Å²) < 4.78 is 24.6. The van der Waals surface area contributed by atoms with Gasteiger partial charge in [-0.15, -0.1) is 0 Å². The van der Waals surface area contributed by atoms with Crippen LogP contribution in [0.2, 0.25) is 0 Å². The van der Waals surface area contributed by atoms with Gasteiger partial charge in [-0.05, 0) is 22.6 Å². The zero-order valence-electron chi connectivity index (χ0n) is 6.30. The van der Waals surface area contributed by atoms with Crippen LogP contribution in [-0.4, -0.2) is 11.3 Å². The number of hydrogen-bond acceptors (Lipinski definition) is 3. The topological polar surface area (TPSA) is 56.0 Å². The Kier molecular flexibility index (Phi) is 3.12. The summed E-state index contributed by atoms with van der Waals surface area (Å²) in [6.07, 6.45) is -1.14. The van der Waals surface area contributed by atoms with Gasteiger partial charge in [0.05, 0.1) is 14.8 Å². The van der Waals surface area contributed by atoms with Crippen molar-refractivity contribution < 1.29 is 13.6 Å². The van der Waals surface area contributed by atoms with E-state index in [1.54, 1.807) is 22.6 Å². The first-order valence-corrected chi connectivity index (χ1v) is 4.33. The van der Waals surface area contributed by atoms with Gasteiger partial charge in [0, 0.05) is 6.20 Å². The number of anilines is 1. The van der Waals surface area contributed by atoms with Gasteiger partial charge in [0.2, 0.25) is 0 Å². The Hall–Kier alpha value is -0.790. The maximum absolute atomic E-state index is 12.2. The monoisotopic (exact) mass is 298 g/mol. The molecule has 1 aromatic heterocycles. The first kappa shape index (κ1) is 10.3. The molecule has 0 saturated heterocycles. The van der Waals surface area contributed by atoms with E-state index in [0.29, 0.717) is 6.29 Å². The lowest BCUT2D eigenvalue weighted by Gasteiger charge is -2.06. The van der Waals surface area contributed by atoms with Gasteiger partial charge >= 0.3 is 0 Å². The number of carbonyl (C=O) groups excluding carboxylic acids is 1. The fourth-order valence-corrected chi connectivity index (χ4v) is 1.46. The first-order valence-electron chi connectivity index (χ1n) is 3.25. The first-order chi connectivity index (χ1) is 6.07. The van der Waals surface area contributed by atoms with E-state index in [0.717, 1.165) is 6.20 Å². The van der Waals surface area contributed by atoms with E-state index in [2.05, 4.69) is 4.98 Å². The molecular formula is C7H5F2IN2O. The van der Waals surface area contributed by atoms with E-state index in [-0.39, 0.29) is 20.5 Å². The van der Waals surface area contributed by atoms with Crippen LogP contribution in [0.4, 0.5) is 14.5 Å². The molecule has 1 rings (SSSR count). The van der Waals surface area contributed by atoms with Crippen LogP contribution in [0, 0.1) is 3.57 Å². The highest BCUT2D eigenvalue weighted by Crippen LogP contribution is 2.27. The van der Waals surface area contributed by atoms with E-state index < -0.39 is 6.43 Å². The molecular weight excluding hydrogens is 293 g/mol. The summed E-state index contributed by atoms with van der Waals surface area (Å²) in [5.74, 6) is 0. The number of nitrogens with two attached hydrogens (primary N) is 1. The van der Waals surface area contributed by atoms with Gasteiger partial charge in [-0.25, -0.2) is 8.78 Å². The Balaban J connectivity index is 3.31. The van der Waals surface area contributed by atoms with E-state index >= 15 is 0 Å². The minimum absolute atomic E-state index is 0.0564. The molecule has 0 aromatic carbocycles. The summed E-state index contributed by atoms with van der Waals surface area (Å²) in [5, 5.41) is 0. The zero-order chi connectivity index (χ0) is 10.0. The maximum atomic E-state index is 12.2. The number of rotatable bonds is 2. The number of aromatic nitrogens is 1. The molecule has 0 radical (unpaired) electrons. The third-order valence-corrected chi connectivity index (χ3v) is 2.58. The number of carbonyl (C=O) groups is 1. The van der Waals surface area contributed by atoms with Crippen LogP contribution in [0.5, 0.6) is 0 Å². The molecule has 6 heteroatoms. The molecule has 13 heavy (non-hydrogen) atoms. The lowest BCUT2D eigenvalue weighted by atomic mass is 10.2. The van der Waals surface area contributed by atoms with Crippen molar-refractivity contribution >= 4 is 34.6 Å². The second-order valence-electron chi connectivity index (χ2n) is 2.24. The Labute approximate surface area is 86.5 Å². The molecule has 0 aliphatic heterocycles. The summed E-state index contributed by atoms with van der Waals surface area (Å²) in [6, 6.07) is 0. The summed E-state index contributed by atoms with van der Waals surface area (Å²) >= 11 is 1.64. The SMILES string of the molecule is Nc1c(C=O)cnc(C(F)F)c1I. The Morgan fingerprint density at radius 1 is 1.62 bits per heavy atom. The van der Waals surface area contributed by atoms with Gasteiger partial charge in [-0.1, -0.05) is 0 Å². The highest BCUT2D eigenvalue weighted by Gasteiger charge is 2.16. The van der Waals surface area contributed by atoms with Gasteiger partial charge in [0.1, 0.15) is 5.69 Å². The third kappa shape index (κ3) is 1.93. The zero-order valence-corrected chi connectivity index (χ0v) is 8.46. The molecule has 0 bridgehead atoms. The van der Waals surface area contributed by atoms with Crippen LogP contribution in [0.3, 0.4) is 0 Å². The highest BCUT2D eigenvalue weighted by molar-refractivity contribution is 14.1. The number of alkyl halides is 2. The summed E-state index contributed by atoms with van der Waals surface area (Å²) in [4.78, 5) is 13.8. The van der Waals surface area contributed by atoms with Crippen molar-refractivity contribution in [2.45, 2.75) is 6.43 Å². The van der Waals surface area contributed by atoms with Crippen molar-refractivity contribution in [3.63, 3.8) is 0 Å². The van der Waals surface area contributed by atoms with Crippen LogP contribution in [0.25, 0.3) is 0 Å². The maximum Gasteiger partial charge on any atom is 0.281 e. The van der Waals surface area contributed by atoms with Crippen molar-refractivity contribution in [1.82, 2.24) is 4.98 Å². The van der Waals surface area contributed by atoms with Crippen LogP contribution in [-0.2, 0) is 0 Å². The molecule has 0 spiro atoms. The number of hydrogen-bond donors (Lipinski definition) is 1. The second kappa shape index (κ2) is 3.95. The van der Waals surface area contributed by atoms with Gasteiger partial charge < -0.3 is 5.73 Å². The number of aldehydes is 1. The van der Waals surface area contributed by atoms with Crippen LogP contribution < -0.4 is 5.73 Å². The molecule has 3 nitrogen and oxygen atoms in total. The average molecular weight is 298 g/mol. The molecule has 0 fully saturated rings. The van der Waals surface area contributed by atoms with E-state index in [9.17, 15) is 13.6 Å². The predicted octanol–water partition coefficient (Wildman–Crippen LogP) is 2.02. The largest absolute Gasteiger partial charge is 0.397 e. The van der Waals surface area contributed by atoms with Crippen molar-refractivity contribution in [2.75, 3.05) is 5.73 Å². The van der Waals surface area contributed by atoms with E-state index in [4.69, 9.17) is 5.73 Å². The van der Waals surface area contributed by atoms with Crippen LogP contribution in [0.15, 0.2) is 6.20 Å². The van der Waals surface area contributed by atoms with Gasteiger partial charge in [0.15, 0.2) is 6.29 Å². The predicted molar refractivity (Wildman–Crippen MR) is 51.7 cm³/mol. The molecule has 70 valence electrons. The number of nitrogen functional groups attached to an aromatic ring is 1. The fraction of sp³-hybridized carbons (Fsp3) is 0.143. The molecule has 0 unspecified atom stereocenters. The summed E-state index contributed by atoms with van der Waals surface area (Å²) in [7, 11) is 0. The van der Waals surface area contributed by atoms with Crippen molar-refractivity contribution in [3.05, 3.63) is 21.0 Å². The van der Waals surface area contributed by atoms with E-state index in [1.807, 2.05) is 0 Å². The van der Waals surface area contributed by atoms with Gasteiger partial charge in [0.25, 0.3) is 6.43 Å². The smallest absolute Gasteiger partial charge is 0.281 e. The lowest BCUT2D eigenvalue weighted by Crippen LogP contribution is -2.03. The third-order valence-electron chi connectivity index (χ3n) is 1.45.